The molecular formula is C22H21N3O3S. The van der Waals surface area contributed by atoms with Crippen LogP contribution in [-0.4, -0.2) is 32.6 Å². The zero-order chi connectivity index (χ0) is 20.4. The summed E-state index contributed by atoms with van der Waals surface area (Å²) < 4.78 is 6.20. The van der Waals surface area contributed by atoms with E-state index < -0.39 is 5.97 Å². The Morgan fingerprint density at radius 1 is 1.24 bits per heavy atom. The van der Waals surface area contributed by atoms with Crippen LogP contribution in [0.2, 0.25) is 0 Å². The average Bonchev–Trinajstić information content (AvgIpc) is 3.34. The molecule has 1 aromatic carbocycles. The Morgan fingerprint density at radius 3 is 2.83 bits per heavy atom. The van der Waals surface area contributed by atoms with E-state index in [0.717, 1.165) is 30.0 Å². The number of pyridine rings is 1. The van der Waals surface area contributed by atoms with Crippen molar-refractivity contribution < 1.29 is 14.3 Å². The molecule has 0 radical (unpaired) electrons. The lowest BCUT2D eigenvalue weighted by atomic mass is 10.0. The number of carboxylic acids is 1. The van der Waals surface area contributed by atoms with Gasteiger partial charge in [0.2, 0.25) is 0 Å². The van der Waals surface area contributed by atoms with Crippen molar-refractivity contribution in [2.24, 2.45) is 0 Å². The minimum absolute atomic E-state index is 0.125. The molecule has 0 saturated carbocycles. The topological polar surface area (TPSA) is 78.6 Å². The monoisotopic (exact) mass is 407 g/mol. The third kappa shape index (κ3) is 3.73. The minimum atomic E-state index is -0.965. The van der Waals surface area contributed by atoms with Gasteiger partial charge in [-0.2, -0.15) is 0 Å². The Kier molecular flexibility index (Phi) is 5.31. The number of carboxylic acid groups (broad SMARTS) is 1. The summed E-state index contributed by atoms with van der Waals surface area (Å²) in [7, 11) is 0. The fraction of sp³-hybridized carbons (Fsp3) is 0.227. The van der Waals surface area contributed by atoms with Crippen LogP contribution in [0.25, 0.3) is 11.3 Å². The molecular weight excluding hydrogens is 386 g/mol. The van der Waals surface area contributed by atoms with E-state index in [4.69, 9.17) is 16.6 Å². The summed E-state index contributed by atoms with van der Waals surface area (Å²) in [6.07, 6.45) is 2.71. The predicted octanol–water partition coefficient (Wildman–Crippen LogP) is 4.42. The Labute approximate surface area is 174 Å². The molecule has 6 nitrogen and oxygen atoms in total. The Morgan fingerprint density at radius 2 is 2.10 bits per heavy atom. The van der Waals surface area contributed by atoms with Gasteiger partial charge in [0, 0.05) is 18.3 Å². The van der Waals surface area contributed by atoms with Gasteiger partial charge in [-0.05, 0) is 55.0 Å². The van der Waals surface area contributed by atoms with E-state index in [1.165, 1.54) is 0 Å². The molecule has 0 amide bonds. The summed E-state index contributed by atoms with van der Waals surface area (Å²) in [5.41, 5.74) is 1.84. The third-order valence-electron chi connectivity index (χ3n) is 4.97. The van der Waals surface area contributed by atoms with Crippen molar-refractivity contribution in [3.63, 3.8) is 0 Å². The zero-order valence-corrected chi connectivity index (χ0v) is 16.7. The molecule has 0 aliphatic carbocycles. The van der Waals surface area contributed by atoms with Crippen LogP contribution in [0, 0.1) is 0 Å². The third-order valence-corrected chi connectivity index (χ3v) is 5.33. The number of aromatic nitrogens is 1. The summed E-state index contributed by atoms with van der Waals surface area (Å²) >= 11 is 5.59. The van der Waals surface area contributed by atoms with Crippen molar-refractivity contribution in [3.05, 3.63) is 77.8 Å². The molecule has 3 heterocycles. The first-order chi connectivity index (χ1) is 14.1. The van der Waals surface area contributed by atoms with Gasteiger partial charge in [-0.3, -0.25) is 4.98 Å². The molecule has 2 N–H and O–H groups in total. The van der Waals surface area contributed by atoms with Crippen LogP contribution in [0.3, 0.4) is 0 Å². The first-order valence-corrected chi connectivity index (χ1v) is 9.91. The van der Waals surface area contributed by atoms with Crippen LogP contribution in [0.15, 0.2) is 65.2 Å². The Balaban J connectivity index is 1.72. The number of aromatic carboxylic acids is 1. The number of thiocarbonyl (C=S) groups is 1. The number of carbonyl (C=O) groups is 1. The van der Waals surface area contributed by atoms with Gasteiger partial charge in [-0.15, -0.1) is 0 Å². The standard InChI is InChI=1S/C22H21N3O3S/c1-2-12-25-20(19(24-22(25)29)16-8-3-4-11-23-16)18-10-9-17(28-18)14-6-5-7-15(13-14)21(26)27/h3-11,13,19-20H,2,12H2,1H3,(H,24,29)(H,26,27)/t19-,20-/m0/s1. The molecule has 1 aliphatic rings. The molecule has 148 valence electrons. The van der Waals surface area contributed by atoms with Gasteiger partial charge < -0.3 is 19.7 Å². The molecule has 2 atom stereocenters. The van der Waals surface area contributed by atoms with Crippen molar-refractivity contribution in [3.8, 4) is 11.3 Å². The highest BCUT2D eigenvalue weighted by molar-refractivity contribution is 7.80. The van der Waals surface area contributed by atoms with Crippen LogP contribution < -0.4 is 5.32 Å². The van der Waals surface area contributed by atoms with Gasteiger partial charge >= 0.3 is 5.97 Å². The lowest BCUT2D eigenvalue weighted by molar-refractivity contribution is 0.0697. The number of hydrogen-bond donors (Lipinski definition) is 2. The molecule has 2 aromatic heterocycles. The summed E-state index contributed by atoms with van der Waals surface area (Å²) in [5.74, 6) is 0.419. The quantitative estimate of drug-likeness (QED) is 0.586. The maximum absolute atomic E-state index is 11.3. The van der Waals surface area contributed by atoms with E-state index in [2.05, 4.69) is 22.1 Å². The van der Waals surface area contributed by atoms with Gasteiger partial charge in [0.05, 0.1) is 17.3 Å². The summed E-state index contributed by atoms with van der Waals surface area (Å²) in [6, 6.07) is 16.1. The van der Waals surface area contributed by atoms with Crippen LogP contribution in [0.5, 0.6) is 0 Å². The number of hydrogen-bond acceptors (Lipinski definition) is 4. The number of benzene rings is 1. The average molecular weight is 407 g/mol. The molecule has 0 spiro atoms. The highest BCUT2D eigenvalue weighted by atomic mass is 32.1. The number of nitrogens with zero attached hydrogens (tertiary/aromatic N) is 2. The molecule has 1 saturated heterocycles. The van der Waals surface area contributed by atoms with Crippen LogP contribution in [0.1, 0.15) is 47.2 Å². The van der Waals surface area contributed by atoms with E-state index in [1.807, 2.05) is 36.4 Å². The van der Waals surface area contributed by atoms with E-state index in [1.54, 1.807) is 24.4 Å². The van der Waals surface area contributed by atoms with Crippen molar-refractivity contribution in [1.29, 1.82) is 0 Å². The molecule has 0 bridgehead atoms. The SMILES string of the molecule is CCCN1C(=S)N[C@@H](c2ccccn2)[C@@H]1c1ccc(-c2cccc(C(=O)O)c2)o1. The molecule has 0 unspecified atom stereocenters. The van der Waals surface area contributed by atoms with Crippen LogP contribution >= 0.6 is 12.2 Å². The Hall–Kier alpha value is -3.19. The fourth-order valence-corrected chi connectivity index (χ4v) is 4.00. The first kappa shape index (κ1) is 19.1. The molecule has 4 rings (SSSR count). The minimum Gasteiger partial charge on any atom is -0.478 e. The van der Waals surface area contributed by atoms with Gasteiger partial charge in [0.15, 0.2) is 5.11 Å². The van der Waals surface area contributed by atoms with E-state index in [-0.39, 0.29) is 17.6 Å². The predicted molar refractivity (Wildman–Crippen MR) is 114 cm³/mol. The van der Waals surface area contributed by atoms with Crippen molar-refractivity contribution >= 4 is 23.3 Å². The van der Waals surface area contributed by atoms with E-state index in [0.29, 0.717) is 10.9 Å². The second kappa shape index (κ2) is 8.05. The molecule has 3 aromatic rings. The first-order valence-electron chi connectivity index (χ1n) is 9.50. The Bertz CT molecular complexity index is 1030. The van der Waals surface area contributed by atoms with E-state index in [9.17, 15) is 9.90 Å². The molecule has 1 aliphatic heterocycles. The largest absolute Gasteiger partial charge is 0.478 e. The molecule has 1 fully saturated rings. The summed E-state index contributed by atoms with van der Waals surface area (Å²) in [4.78, 5) is 17.9. The lowest BCUT2D eigenvalue weighted by Gasteiger charge is -2.25. The van der Waals surface area contributed by atoms with E-state index >= 15 is 0 Å². The van der Waals surface area contributed by atoms with Crippen molar-refractivity contribution in [2.75, 3.05) is 6.54 Å². The highest BCUT2D eigenvalue weighted by Crippen LogP contribution is 2.40. The van der Waals surface area contributed by atoms with Crippen molar-refractivity contribution in [1.82, 2.24) is 15.2 Å². The zero-order valence-electron chi connectivity index (χ0n) is 15.9. The van der Waals surface area contributed by atoms with Gasteiger partial charge in [0.1, 0.15) is 17.6 Å². The van der Waals surface area contributed by atoms with Crippen molar-refractivity contribution in [2.45, 2.75) is 25.4 Å². The second-order valence-electron chi connectivity index (χ2n) is 6.91. The summed E-state index contributed by atoms with van der Waals surface area (Å²) in [6.45, 7) is 2.91. The molecule has 29 heavy (non-hydrogen) atoms. The van der Waals surface area contributed by atoms with Gasteiger partial charge in [0.25, 0.3) is 0 Å². The second-order valence-corrected chi connectivity index (χ2v) is 7.29. The number of furan rings is 1. The van der Waals surface area contributed by atoms with Gasteiger partial charge in [-0.1, -0.05) is 25.1 Å². The smallest absolute Gasteiger partial charge is 0.335 e. The molecule has 7 heteroatoms. The van der Waals surface area contributed by atoms with Gasteiger partial charge in [-0.25, -0.2) is 4.79 Å². The fourth-order valence-electron chi connectivity index (χ4n) is 3.67. The number of rotatable bonds is 6. The normalized spacial score (nSPS) is 18.7. The maximum Gasteiger partial charge on any atom is 0.335 e. The highest BCUT2D eigenvalue weighted by Gasteiger charge is 2.41. The number of nitrogens with one attached hydrogen (secondary N) is 1. The lowest BCUT2D eigenvalue weighted by Crippen LogP contribution is -2.30. The van der Waals surface area contributed by atoms with Crippen LogP contribution in [0.4, 0.5) is 0 Å². The summed E-state index contributed by atoms with van der Waals surface area (Å²) in [5, 5.41) is 13.3. The van der Waals surface area contributed by atoms with Crippen LogP contribution in [-0.2, 0) is 0 Å². The maximum atomic E-state index is 11.3.